The van der Waals surface area contributed by atoms with Crippen molar-refractivity contribution in [3.8, 4) is 5.75 Å². The lowest BCUT2D eigenvalue weighted by atomic mass is 10.2. The summed E-state index contributed by atoms with van der Waals surface area (Å²) in [5, 5.41) is 7.53. The Morgan fingerprint density at radius 2 is 1.94 bits per heavy atom. The van der Waals surface area contributed by atoms with Crippen LogP contribution in [-0.4, -0.2) is 16.4 Å². The molecule has 2 aromatic rings. The van der Waals surface area contributed by atoms with Crippen molar-refractivity contribution in [3.05, 3.63) is 47.8 Å². The van der Waals surface area contributed by atoms with Crippen molar-refractivity contribution in [3.63, 3.8) is 0 Å². The number of hydrogen-bond donors (Lipinski definition) is 1. The average molecular weight is 245 g/mol. The zero-order chi connectivity index (χ0) is 12.8. The highest BCUT2D eigenvalue weighted by Gasteiger charge is 1.98. The number of ether oxygens (including phenoxy) is 1. The van der Waals surface area contributed by atoms with Gasteiger partial charge in [-0.05, 0) is 30.7 Å². The van der Waals surface area contributed by atoms with E-state index in [4.69, 9.17) is 4.74 Å². The average Bonchev–Trinajstić information content (AvgIpc) is 2.78. The molecule has 4 nitrogen and oxygen atoms in total. The molecule has 0 aliphatic carbocycles. The zero-order valence-electron chi connectivity index (χ0n) is 10.9. The molecule has 0 saturated carbocycles. The second-order valence-corrected chi connectivity index (χ2v) is 4.13. The summed E-state index contributed by atoms with van der Waals surface area (Å²) < 4.78 is 7.29. The van der Waals surface area contributed by atoms with E-state index in [1.165, 1.54) is 11.3 Å². The Balaban J connectivity index is 1.81. The highest BCUT2D eigenvalue weighted by Crippen LogP contribution is 2.11. The first-order valence-corrected chi connectivity index (χ1v) is 6.19. The van der Waals surface area contributed by atoms with E-state index >= 15 is 0 Å². The molecule has 0 saturated heterocycles. The molecule has 0 unspecified atom stereocenters. The normalized spacial score (nSPS) is 10.6. The minimum absolute atomic E-state index is 0.706. The van der Waals surface area contributed by atoms with Crippen molar-refractivity contribution in [1.29, 1.82) is 0 Å². The van der Waals surface area contributed by atoms with Crippen molar-refractivity contribution in [2.75, 3.05) is 6.61 Å². The molecule has 18 heavy (non-hydrogen) atoms. The molecule has 0 radical (unpaired) electrons. The van der Waals surface area contributed by atoms with E-state index in [1.807, 2.05) is 43.0 Å². The smallest absolute Gasteiger partial charge is 0.119 e. The SMILES string of the molecule is CCOc1ccc(CNCc2ccnn2C)cc1. The molecular weight excluding hydrogens is 226 g/mol. The van der Waals surface area contributed by atoms with Gasteiger partial charge in [0.1, 0.15) is 5.75 Å². The van der Waals surface area contributed by atoms with E-state index in [1.54, 1.807) is 0 Å². The van der Waals surface area contributed by atoms with Crippen LogP contribution in [0.3, 0.4) is 0 Å². The molecule has 0 aliphatic heterocycles. The van der Waals surface area contributed by atoms with Gasteiger partial charge >= 0.3 is 0 Å². The molecular formula is C14H19N3O. The highest BCUT2D eigenvalue weighted by molar-refractivity contribution is 5.27. The maximum atomic E-state index is 5.41. The molecule has 96 valence electrons. The first-order chi connectivity index (χ1) is 8.79. The van der Waals surface area contributed by atoms with E-state index in [9.17, 15) is 0 Å². The van der Waals surface area contributed by atoms with Crippen molar-refractivity contribution < 1.29 is 4.74 Å². The van der Waals surface area contributed by atoms with Gasteiger partial charge in [-0.1, -0.05) is 12.1 Å². The Morgan fingerprint density at radius 1 is 1.17 bits per heavy atom. The molecule has 1 aromatic carbocycles. The summed E-state index contributed by atoms with van der Waals surface area (Å²) in [6, 6.07) is 10.2. The minimum atomic E-state index is 0.706. The van der Waals surface area contributed by atoms with Crippen LogP contribution in [0.1, 0.15) is 18.2 Å². The fourth-order valence-corrected chi connectivity index (χ4v) is 1.78. The Morgan fingerprint density at radius 3 is 2.56 bits per heavy atom. The predicted octanol–water partition coefficient (Wildman–Crippen LogP) is 2.11. The van der Waals surface area contributed by atoms with Gasteiger partial charge in [-0.2, -0.15) is 5.10 Å². The lowest BCUT2D eigenvalue weighted by molar-refractivity contribution is 0.340. The number of benzene rings is 1. The molecule has 1 heterocycles. The molecule has 4 heteroatoms. The quantitative estimate of drug-likeness (QED) is 0.847. The summed E-state index contributed by atoms with van der Waals surface area (Å²) >= 11 is 0. The second kappa shape index (κ2) is 6.21. The predicted molar refractivity (Wildman–Crippen MR) is 71.4 cm³/mol. The van der Waals surface area contributed by atoms with E-state index in [2.05, 4.69) is 22.5 Å². The van der Waals surface area contributed by atoms with E-state index in [0.29, 0.717) is 6.61 Å². The van der Waals surface area contributed by atoms with Crippen LogP contribution in [-0.2, 0) is 20.1 Å². The molecule has 0 atom stereocenters. The van der Waals surface area contributed by atoms with Crippen LogP contribution in [0.15, 0.2) is 36.5 Å². The van der Waals surface area contributed by atoms with E-state index in [0.717, 1.165) is 18.8 Å². The number of nitrogens with one attached hydrogen (secondary N) is 1. The minimum Gasteiger partial charge on any atom is -0.494 e. The summed E-state index contributed by atoms with van der Waals surface area (Å²) in [5.74, 6) is 0.924. The summed E-state index contributed by atoms with van der Waals surface area (Å²) in [4.78, 5) is 0. The summed E-state index contributed by atoms with van der Waals surface area (Å²) in [6.45, 7) is 4.36. The first-order valence-electron chi connectivity index (χ1n) is 6.19. The van der Waals surface area contributed by atoms with Crippen molar-refractivity contribution >= 4 is 0 Å². The maximum Gasteiger partial charge on any atom is 0.119 e. The van der Waals surface area contributed by atoms with Crippen LogP contribution in [0.25, 0.3) is 0 Å². The number of aryl methyl sites for hydroxylation is 1. The monoisotopic (exact) mass is 245 g/mol. The van der Waals surface area contributed by atoms with Gasteiger partial charge in [0.2, 0.25) is 0 Å². The van der Waals surface area contributed by atoms with Crippen LogP contribution in [0.4, 0.5) is 0 Å². The van der Waals surface area contributed by atoms with E-state index < -0.39 is 0 Å². The lowest BCUT2D eigenvalue weighted by Crippen LogP contribution is -2.15. The summed E-state index contributed by atoms with van der Waals surface area (Å²) in [5.41, 5.74) is 2.43. The van der Waals surface area contributed by atoms with Crippen LogP contribution in [0.5, 0.6) is 5.75 Å². The third kappa shape index (κ3) is 3.34. The molecule has 1 N–H and O–H groups in total. The van der Waals surface area contributed by atoms with Crippen molar-refractivity contribution in [2.45, 2.75) is 20.0 Å². The third-order valence-corrected chi connectivity index (χ3v) is 2.79. The van der Waals surface area contributed by atoms with E-state index in [-0.39, 0.29) is 0 Å². The third-order valence-electron chi connectivity index (χ3n) is 2.79. The first kappa shape index (κ1) is 12.6. The van der Waals surface area contributed by atoms with Gasteiger partial charge in [-0.25, -0.2) is 0 Å². The number of rotatable bonds is 6. The Labute approximate surface area is 108 Å². The van der Waals surface area contributed by atoms with Crippen LogP contribution in [0, 0.1) is 0 Å². The number of hydrogen-bond acceptors (Lipinski definition) is 3. The number of aromatic nitrogens is 2. The van der Waals surface area contributed by atoms with Gasteiger partial charge in [-0.15, -0.1) is 0 Å². The Hall–Kier alpha value is -1.81. The van der Waals surface area contributed by atoms with Crippen molar-refractivity contribution in [1.82, 2.24) is 15.1 Å². The van der Waals surface area contributed by atoms with Crippen LogP contribution >= 0.6 is 0 Å². The van der Waals surface area contributed by atoms with Gasteiger partial charge in [0.05, 0.1) is 12.3 Å². The molecule has 0 fully saturated rings. The Bertz CT molecular complexity index is 476. The van der Waals surface area contributed by atoms with Gasteiger partial charge < -0.3 is 10.1 Å². The molecule has 1 aromatic heterocycles. The topological polar surface area (TPSA) is 39.1 Å². The molecule has 0 spiro atoms. The standard InChI is InChI=1S/C14H19N3O/c1-3-18-14-6-4-12(5-7-14)10-15-11-13-8-9-16-17(13)2/h4-9,15H,3,10-11H2,1-2H3. The fourth-order valence-electron chi connectivity index (χ4n) is 1.78. The molecule has 0 bridgehead atoms. The Kier molecular flexibility index (Phi) is 4.36. The van der Waals surface area contributed by atoms with Gasteiger partial charge in [0.15, 0.2) is 0 Å². The molecule has 2 rings (SSSR count). The van der Waals surface area contributed by atoms with Gasteiger partial charge in [0, 0.05) is 26.3 Å². The highest BCUT2D eigenvalue weighted by atomic mass is 16.5. The van der Waals surface area contributed by atoms with Gasteiger partial charge in [-0.3, -0.25) is 4.68 Å². The zero-order valence-corrected chi connectivity index (χ0v) is 10.9. The second-order valence-electron chi connectivity index (χ2n) is 4.13. The lowest BCUT2D eigenvalue weighted by Gasteiger charge is -2.07. The van der Waals surface area contributed by atoms with Gasteiger partial charge in [0.25, 0.3) is 0 Å². The summed E-state index contributed by atoms with van der Waals surface area (Å²) in [7, 11) is 1.95. The largest absolute Gasteiger partial charge is 0.494 e. The molecule has 0 aliphatic rings. The molecule has 0 amide bonds. The van der Waals surface area contributed by atoms with Crippen LogP contribution < -0.4 is 10.1 Å². The fraction of sp³-hybridized carbons (Fsp3) is 0.357. The maximum absolute atomic E-state index is 5.41. The van der Waals surface area contributed by atoms with Crippen LogP contribution in [0.2, 0.25) is 0 Å². The number of nitrogens with zero attached hydrogens (tertiary/aromatic N) is 2. The van der Waals surface area contributed by atoms with Crippen molar-refractivity contribution in [2.24, 2.45) is 7.05 Å². The summed E-state index contributed by atoms with van der Waals surface area (Å²) in [6.07, 6.45) is 1.81.